The molecule has 100 valence electrons. The van der Waals surface area contributed by atoms with Crippen LogP contribution < -0.4 is 11.1 Å². The van der Waals surface area contributed by atoms with Crippen molar-refractivity contribution in [3.8, 4) is 0 Å². The van der Waals surface area contributed by atoms with Gasteiger partial charge in [0.1, 0.15) is 0 Å². The van der Waals surface area contributed by atoms with E-state index in [1.807, 2.05) is 5.32 Å². The van der Waals surface area contributed by atoms with Crippen LogP contribution >= 0.6 is 0 Å². The highest BCUT2D eigenvalue weighted by Gasteiger charge is 2.16. The van der Waals surface area contributed by atoms with Gasteiger partial charge in [0.2, 0.25) is 6.08 Å². The predicted octanol–water partition coefficient (Wildman–Crippen LogP) is 0.895. The van der Waals surface area contributed by atoms with Crippen LogP contribution in [0.4, 0.5) is 21.9 Å². The van der Waals surface area contributed by atoms with Gasteiger partial charge < -0.3 is 11.1 Å². The van der Waals surface area contributed by atoms with E-state index in [9.17, 15) is 25.0 Å². The molecule has 0 bridgehead atoms. The first-order valence-electron chi connectivity index (χ1n) is 4.36. The van der Waals surface area contributed by atoms with E-state index in [1.54, 1.807) is 0 Å². The number of rotatable bonds is 3. The normalized spacial score (nSPS) is 8.42. The topological polar surface area (TPSA) is 182 Å². The van der Waals surface area contributed by atoms with Gasteiger partial charge in [0.15, 0.2) is 0 Å². The first-order chi connectivity index (χ1) is 8.81. The molecule has 11 nitrogen and oxygen atoms in total. The van der Waals surface area contributed by atoms with E-state index in [1.165, 1.54) is 0 Å². The van der Waals surface area contributed by atoms with E-state index in [0.717, 1.165) is 24.3 Å². The van der Waals surface area contributed by atoms with E-state index in [4.69, 9.17) is 15.9 Å². The van der Waals surface area contributed by atoms with E-state index >= 15 is 0 Å². The van der Waals surface area contributed by atoms with Gasteiger partial charge in [0.25, 0.3) is 11.4 Å². The number of amides is 2. The molecular formula is C8H7N5O6. The molecule has 11 heteroatoms. The second-order valence-electron chi connectivity index (χ2n) is 2.84. The van der Waals surface area contributed by atoms with Crippen LogP contribution in [-0.2, 0) is 4.79 Å². The first-order valence-corrected chi connectivity index (χ1v) is 4.36. The Morgan fingerprint density at radius 2 is 1.58 bits per heavy atom. The van der Waals surface area contributed by atoms with Crippen LogP contribution in [0.5, 0.6) is 0 Å². The van der Waals surface area contributed by atoms with E-state index < -0.39 is 27.3 Å². The van der Waals surface area contributed by atoms with Crippen molar-refractivity contribution in [3.63, 3.8) is 0 Å². The van der Waals surface area contributed by atoms with E-state index in [2.05, 4.69) is 0 Å². The Balaban J connectivity index is 0.000000982. The molecule has 1 rings (SSSR count). The van der Waals surface area contributed by atoms with Gasteiger partial charge in [-0.2, -0.15) is 0 Å². The van der Waals surface area contributed by atoms with E-state index in [-0.39, 0.29) is 5.69 Å². The number of nitro benzene ring substituents is 2. The Labute approximate surface area is 104 Å². The minimum atomic E-state index is -0.963. The zero-order chi connectivity index (χ0) is 15.0. The number of hydrogen-bond donors (Lipinski definition) is 3. The number of isocyanates is 1. The van der Waals surface area contributed by atoms with Crippen molar-refractivity contribution in [1.82, 2.24) is 0 Å². The Morgan fingerprint density at radius 1 is 1.21 bits per heavy atom. The molecule has 0 saturated carbocycles. The molecule has 0 spiro atoms. The molecule has 0 aliphatic carbocycles. The number of carbonyl (C=O) groups excluding carboxylic acids is 2. The first kappa shape index (κ1) is 15.7. The Morgan fingerprint density at radius 3 is 1.84 bits per heavy atom. The van der Waals surface area contributed by atoms with Crippen LogP contribution in [-0.4, -0.2) is 22.0 Å². The van der Waals surface area contributed by atoms with Crippen LogP contribution in [0, 0.1) is 25.6 Å². The average molecular weight is 269 g/mol. The van der Waals surface area contributed by atoms with Crippen molar-refractivity contribution < 1.29 is 19.4 Å². The van der Waals surface area contributed by atoms with Crippen molar-refractivity contribution >= 4 is 29.2 Å². The van der Waals surface area contributed by atoms with Crippen LogP contribution in [0.25, 0.3) is 0 Å². The minimum Gasteiger partial charge on any atom is -0.351 e. The number of carbonyl (C=O) groups is 1. The number of benzene rings is 1. The van der Waals surface area contributed by atoms with Gasteiger partial charge in [0.05, 0.1) is 21.6 Å². The predicted molar refractivity (Wildman–Crippen MR) is 61.4 cm³/mol. The van der Waals surface area contributed by atoms with E-state index in [0.29, 0.717) is 0 Å². The molecule has 2 amide bonds. The molecule has 4 N–H and O–H groups in total. The fourth-order valence-electron chi connectivity index (χ4n) is 1.02. The summed E-state index contributed by atoms with van der Waals surface area (Å²) in [6.45, 7) is 0. The summed E-state index contributed by atoms with van der Waals surface area (Å²) in [5.41, 5.74) is 3.68. The fraction of sp³-hybridized carbons (Fsp3) is 0. The van der Waals surface area contributed by atoms with Gasteiger partial charge in [-0.15, -0.1) is 0 Å². The van der Waals surface area contributed by atoms with Crippen LogP contribution in [0.1, 0.15) is 0 Å². The molecule has 0 radical (unpaired) electrons. The summed E-state index contributed by atoms with van der Waals surface area (Å²) in [7, 11) is 0. The Kier molecular flexibility index (Phi) is 5.84. The van der Waals surface area contributed by atoms with Gasteiger partial charge in [-0.25, -0.2) is 15.0 Å². The molecule has 0 saturated heterocycles. The van der Waals surface area contributed by atoms with Crippen LogP contribution in [0.2, 0.25) is 0 Å². The summed E-state index contributed by atoms with van der Waals surface area (Å²) in [5, 5.41) is 28.3. The molecule has 0 aliphatic heterocycles. The maximum atomic E-state index is 10.5. The summed E-state index contributed by atoms with van der Waals surface area (Å²) in [6.07, 6.45) is 0.750. The third-order valence-corrected chi connectivity index (χ3v) is 1.59. The quantitative estimate of drug-likeness (QED) is 0.316. The van der Waals surface area contributed by atoms with Crippen molar-refractivity contribution in [3.05, 3.63) is 38.4 Å². The number of nitrogens with zero attached hydrogens (tertiary/aromatic N) is 2. The highest BCUT2D eigenvalue weighted by Crippen LogP contribution is 2.25. The number of nitrogens with one attached hydrogen (secondary N) is 2. The minimum absolute atomic E-state index is 0.103. The zero-order valence-corrected chi connectivity index (χ0v) is 9.15. The molecule has 0 aromatic heterocycles. The smallest absolute Gasteiger partial charge is 0.316 e. The summed E-state index contributed by atoms with van der Waals surface area (Å²) in [6, 6.07) is 1.76. The van der Waals surface area contributed by atoms with Crippen LogP contribution in [0.3, 0.4) is 0 Å². The molecule has 1 aromatic rings. The molecule has 0 aliphatic rings. The summed E-state index contributed by atoms with van der Waals surface area (Å²) >= 11 is 0. The lowest BCUT2D eigenvalue weighted by Crippen LogP contribution is -2.19. The summed E-state index contributed by atoms with van der Waals surface area (Å²) < 4.78 is 0. The molecule has 0 unspecified atom stereocenters. The largest absolute Gasteiger partial charge is 0.351 e. The lowest BCUT2D eigenvalue weighted by molar-refractivity contribution is -0.394. The highest BCUT2D eigenvalue weighted by atomic mass is 16.6. The number of non-ortho nitro benzene ring substituents is 2. The van der Waals surface area contributed by atoms with Gasteiger partial charge in [0, 0.05) is 12.1 Å². The second kappa shape index (κ2) is 7.09. The lowest BCUT2D eigenvalue weighted by Gasteiger charge is -2.01. The van der Waals surface area contributed by atoms with Gasteiger partial charge in [-0.1, -0.05) is 0 Å². The van der Waals surface area contributed by atoms with Gasteiger partial charge in [-0.3, -0.25) is 20.2 Å². The average Bonchev–Trinajstić information content (AvgIpc) is 2.28. The summed E-state index contributed by atoms with van der Waals surface area (Å²) in [5.74, 6) is 0. The van der Waals surface area contributed by atoms with Crippen molar-refractivity contribution in [1.29, 1.82) is 5.41 Å². The summed E-state index contributed by atoms with van der Waals surface area (Å²) in [4.78, 5) is 38.1. The van der Waals surface area contributed by atoms with Crippen LogP contribution in [0.15, 0.2) is 18.2 Å². The monoisotopic (exact) mass is 269 g/mol. The third-order valence-electron chi connectivity index (χ3n) is 1.59. The van der Waals surface area contributed by atoms with Crippen molar-refractivity contribution in [2.24, 2.45) is 5.73 Å². The number of anilines is 1. The van der Waals surface area contributed by atoms with Crippen molar-refractivity contribution in [2.75, 3.05) is 5.32 Å². The molecular weight excluding hydrogens is 262 g/mol. The number of urea groups is 1. The zero-order valence-electron chi connectivity index (χ0n) is 9.15. The standard InChI is InChI=1S/C7H6N4O5.CHNO/c8-7(12)9-4-1-5(10(13)14)3-6(2-4)11(15)16;2-1-3/h1-3H,(H3,8,9,12);2H. The van der Waals surface area contributed by atoms with Gasteiger partial charge >= 0.3 is 6.03 Å². The number of primary amides is 1. The van der Waals surface area contributed by atoms with Gasteiger partial charge in [-0.05, 0) is 0 Å². The molecule has 0 atom stereocenters. The van der Waals surface area contributed by atoms with Crippen molar-refractivity contribution in [2.45, 2.75) is 0 Å². The maximum absolute atomic E-state index is 10.5. The number of nitrogens with two attached hydrogens (primary N) is 1. The maximum Gasteiger partial charge on any atom is 0.316 e. The SMILES string of the molecule is N=C=O.NC(=O)Nc1cc([N+](=O)[O-])cc([N+](=O)[O-])c1. The lowest BCUT2D eigenvalue weighted by atomic mass is 10.2. The Bertz CT molecular complexity index is 518. The highest BCUT2D eigenvalue weighted by molar-refractivity contribution is 5.88. The Hall–Kier alpha value is -3.33. The molecule has 1 aromatic carbocycles. The number of nitro groups is 2. The third kappa shape index (κ3) is 5.51. The fourth-order valence-corrected chi connectivity index (χ4v) is 1.02. The number of hydrogen-bond acceptors (Lipinski definition) is 7. The molecule has 19 heavy (non-hydrogen) atoms. The second-order valence-corrected chi connectivity index (χ2v) is 2.84. The molecule has 0 heterocycles. The molecule has 0 fully saturated rings.